The van der Waals surface area contributed by atoms with Gasteiger partial charge in [-0.1, -0.05) is 30.3 Å². The van der Waals surface area contributed by atoms with E-state index >= 15 is 0 Å². The minimum absolute atomic E-state index is 0.181. The summed E-state index contributed by atoms with van der Waals surface area (Å²) in [5.41, 5.74) is 1.21. The van der Waals surface area contributed by atoms with Crippen LogP contribution in [0, 0.1) is 0 Å². The van der Waals surface area contributed by atoms with Gasteiger partial charge in [-0.3, -0.25) is 14.4 Å². The van der Waals surface area contributed by atoms with Gasteiger partial charge >= 0.3 is 0 Å². The van der Waals surface area contributed by atoms with Crippen LogP contribution in [0.3, 0.4) is 0 Å². The molecule has 2 aromatic rings. The van der Waals surface area contributed by atoms with Crippen molar-refractivity contribution in [3.05, 3.63) is 48.2 Å². The summed E-state index contributed by atoms with van der Waals surface area (Å²) in [5, 5.41) is 4.46. The van der Waals surface area contributed by atoms with E-state index in [4.69, 9.17) is 0 Å². The number of amides is 1. The molecule has 1 saturated heterocycles. The fourth-order valence-corrected chi connectivity index (χ4v) is 2.24. The van der Waals surface area contributed by atoms with E-state index in [1.54, 1.807) is 4.90 Å². The Morgan fingerprint density at radius 1 is 1.17 bits per heavy atom. The molecule has 0 radical (unpaired) electrons. The van der Waals surface area contributed by atoms with Crippen molar-refractivity contribution in [3.8, 4) is 0 Å². The normalized spacial score (nSPS) is 15.3. The van der Waals surface area contributed by atoms with Gasteiger partial charge in [0.1, 0.15) is 0 Å². The SMILES string of the molecule is O=C1CCCN1c1ccn(Cc2ccccc2)n1. The van der Waals surface area contributed by atoms with Gasteiger partial charge in [-0.25, -0.2) is 0 Å². The van der Waals surface area contributed by atoms with Crippen molar-refractivity contribution in [3.63, 3.8) is 0 Å². The second kappa shape index (κ2) is 4.64. The summed E-state index contributed by atoms with van der Waals surface area (Å²) < 4.78 is 1.87. The maximum atomic E-state index is 11.6. The Hall–Kier alpha value is -2.10. The molecule has 0 N–H and O–H groups in total. The van der Waals surface area contributed by atoms with Gasteiger partial charge in [-0.05, 0) is 12.0 Å². The lowest BCUT2D eigenvalue weighted by Crippen LogP contribution is -2.24. The van der Waals surface area contributed by atoms with Gasteiger partial charge in [-0.2, -0.15) is 5.10 Å². The van der Waals surface area contributed by atoms with Crippen LogP contribution in [0.2, 0.25) is 0 Å². The van der Waals surface area contributed by atoms with E-state index in [0.29, 0.717) is 6.42 Å². The number of rotatable bonds is 3. The molecule has 0 bridgehead atoms. The zero-order valence-corrected chi connectivity index (χ0v) is 10.1. The van der Waals surface area contributed by atoms with Crippen molar-refractivity contribution in [1.29, 1.82) is 0 Å². The van der Waals surface area contributed by atoms with E-state index in [9.17, 15) is 4.79 Å². The van der Waals surface area contributed by atoms with Crippen LogP contribution in [0.15, 0.2) is 42.6 Å². The number of nitrogens with zero attached hydrogens (tertiary/aromatic N) is 3. The van der Waals surface area contributed by atoms with E-state index in [-0.39, 0.29) is 5.91 Å². The second-order valence-corrected chi connectivity index (χ2v) is 4.51. The molecule has 0 aliphatic carbocycles. The molecule has 1 aliphatic heterocycles. The van der Waals surface area contributed by atoms with Crippen LogP contribution in [0.4, 0.5) is 5.82 Å². The highest BCUT2D eigenvalue weighted by Gasteiger charge is 2.23. The highest BCUT2D eigenvalue weighted by atomic mass is 16.2. The molecule has 0 saturated carbocycles. The first-order chi connectivity index (χ1) is 8.83. The first-order valence-corrected chi connectivity index (χ1v) is 6.21. The van der Waals surface area contributed by atoms with Crippen molar-refractivity contribution in [2.45, 2.75) is 19.4 Å². The molecular formula is C14H15N3O. The fraction of sp³-hybridized carbons (Fsp3) is 0.286. The van der Waals surface area contributed by atoms with Gasteiger partial charge < -0.3 is 0 Å². The molecule has 3 rings (SSSR count). The summed E-state index contributed by atoms with van der Waals surface area (Å²) in [5.74, 6) is 0.952. The van der Waals surface area contributed by atoms with E-state index in [2.05, 4.69) is 17.2 Å². The topological polar surface area (TPSA) is 38.1 Å². The predicted octanol–water partition coefficient (Wildman–Crippen LogP) is 2.06. The van der Waals surface area contributed by atoms with E-state index < -0.39 is 0 Å². The maximum absolute atomic E-state index is 11.6. The van der Waals surface area contributed by atoms with Gasteiger partial charge in [0.25, 0.3) is 0 Å². The number of hydrogen-bond donors (Lipinski definition) is 0. The standard InChI is InChI=1S/C14H15N3O/c18-14-7-4-9-17(14)13-8-10-16(15-13)11-12-5-2-1-3-6-12/h1-3,5-6,8,10H,4,7,9,11H2. The third kappa shape index (κ3) is 2.14. The van der Waals surface area contributed by atoms with Crippen molar-refractivity contribution in [2.24, 2.45) is 0 Å². The molecule has 92 valence electrons. The Bertz CT molecular complexity index is 547. The molecular weight excluding hydrogens is 226 g/mol. The number of hydrogen-bond acceptors (Lipinski definition) is 2. The minimum Gasteiger partial charge on any atom is -0.295 e. The van der Waals surface area contributed by atoms with Crippen molar-refractivity contribution in [2.75, 3.05) is 11.4 Å². The Morgan fingerprint density at radius 3 is 2.72 bits per heavy atom. The van der Waals surface area contributed by atoms with E-state index in [0.717, 1.165) is 25.3 Å². The van der Waals surface area contributed by atoms with Gasteiger partial charge in [0, 0.05) is 25.2 Å². The second-order valence-electron chi connectivity index (χ2n) is 4.51. The summed E-state index contributed by atoms with van der Waals surface area (Å²) in [4.78, 5) is 13.4. The first kappa shape index (κ1) is 11.0. The Balaban J connectivity index is 1.76. The molecule has 1 aliphatic rings. The molecule has 1 aromatic heterocycles. The smallest absolute Gasteiger partial charge is 0.228 e. The summed E-state index contributed by atoms with van der Waals surface area (Å²) in [6.45, 7) is 1.53. The van der Waals surface area contributed by atoms with Gasteiger partial charge in [0.05, 0.1) is 6.54 Å². The van der Waals surface area contributed by atoms with Crippen LogP contribution in [-0.2, 0) is 11.3 Å². The molecule has 0 atom stereocenters. The monoisotopic (exact) mass is 241 g/mol. The zero-order chi connectivity index (χ0) is 12.4. The third-order valence-electron chi connectivity index (χ3n) is 3.16. The lowest BCUT2D eigenvalue weighted by atomic mass is 10.2. The Labute approximate surface area is 106 Å². The molecule has 1 fully saturated rings. The first-order valence-electron chi connectivity index (χ1n) is 6.21. The van der Waals surface area contributed by atoms with Crippen LogP contribution in [-0.4, -0.2) is 22.2 Å². The predicted molar refractivity (Wildman–Crippen MR) is 69.4 cm³/mol. The molecule has 0 spiro atoms. The summed E-state index contributed by atoms with van der Waals surface area (Å²) in [7, 11) is 0. The summed E-state index contributed by atoms with van der Waals surface area (Å²) in [6, 6.07) is 12.1. The van der Waals surface area contributed by atoms with E-state index in [1.165, 1.54) is 5.56 Å². The van der Waals surface area contributed by atoms with Crippen LogP contribution >= 0.6 is 0 Å². The number of aromatic nitrogens is 2. The van der Waals surface area contributed by atoms with Crippen LogP contribution in [0.25, 0.3) is 0 Å². The maximum Gasteiger partial charge on any atom is 0.228 e. The third-order valence-corrected chi connectivity index (χ3v) is 3.16. The molecule has 18 heavy (non-hydrogen) atoms. The number of benzene rings is 1. The number of carbonyl (C=O) groups excluding carboxylic acids is 1. The highest BCUT2D eigenvalue weighted by molar-refractivity contribution is 5.94. The zero-order valence-electron chi connectivity index (χ0n) is 10.1. The molecule has 4 heteroatoms. The van der Waals surface area contributed by atoms with Crippen LogP contribution in [0.1, 0.15) is 18.4 Å². The van der Waals surface area contributed by atoms with Crippen molar-refractivity contribution < 1.29 is 4.79 Å². The van der Waals surface area contributed by atoms with Crippen molar-refractivity contribution in [1.82, 2.24) is 9.78 Å². The Morgan fingerprint density at radius 2 is 2.00 bits per heavy atom. The lowest BCUT2D eigenvalue weighted by Gasteiger charge is -2.11. The van der Waals surface area contributed by atoms with Gasteiger partial charge in [0.2, 0.25) is 5.91 Å². The summed E-state index contributed by atoms with van der Waals surface area (Å²) in [6.07, 6.45) is 3.50. The van der Waals surface area contributed by atoms with Gasteiger partial charge in [-0.15, -0.1) is 0 Å². The molecule has 1 aromatic carbocycles. The minimum atomic E-state index is 0.181. The molecule has 1 amide bonds. The summed E-state index contributed by atoms with van der Waals surface area (Å²) >= 11 is 0. The van der Waals surface area contributed by atoms with Crippen LogP contribution < -0.4 is 4.90 Å². The number of carbonyl (C=O) groups is 1. The van der Waals surface area contributed by atoms with Crippen molar-refractivity contribution >= 4 is 11.7 Å². The van der Waals surface area contributed by atoms with Crippen LogP contribution in [0.5, 0.6) is 0 Å². The average Bonchev–Trinajstić information content (AvgIpc) is 2.99. The van der Waals surface area contributed by atoms with E-state index in [1.807, 2.05) is 35.1 Å². The molecule has 4 nitrogen and oxygen atoms in total. The van der Waals surface area contributed by atoms with Gasteiger partial charge in [0.15, 0.2) is 5.82 Å². The average molecular weight is 241 g/mol. The number of anilines is 1. The Kier molecular flexibility index (Phi) is 2.84. The highest BCUT2D eigenvalue weighted by Crippen LogP contribution is 2.19. The molecule has 2 heterocycles. The quantitative estimate of drug-likeness (QED) is 0.825. The molecule has 0 unspecified atom stereocenters. The largest absolute Gasteiger partial charge is 0.295 e. The lowest BCUT2D eigenvalue weighted by molar-refractivity contribution is -0.117. The fourth-order valence-electron chi connectivity index (χ4n) is 2.24.